The zero-order valence-corrected chi connectivity index (χ0v) is 17.3. The molecule has 1 atom stereocenters. The summed E-state index contributed by atoms with van der Waals surface area (Å²) in [7, 11) is -1.61. The highest BCUT2D eigenvalue weighted by Gasteiger charge is 2.26. The number of carbonyl (C=O) groups is 2. The maximum absolute atomic E-state index is 12.8. The standard InChI is InChI=1S/C19H24N2O4S2/c1-14-5-4-6-16(11-14)18(22)20-17(8-10-27(3,24)25)19(23)21(2)12-15-7-9-26-13-15/h4-7,9,11,13,17H,8,10,12H2,1-3H3,(H,20,22). The average molecular weight is 409 g/mol. The second kappa shape index (κ2) is 9.14. The molecule has 6 nitrogen and oxygen atoms in total. The Morgan fingerprint density at radius 1 is 1.26 bits per heavy atom. The van der Waals surface area contributed by atoms with Gasteiger partial charge in [0.15, 0.2) is 0 Å². The van der Waals surface area contributed by atoms with Crippen LogP contribution in [-0.4, -0.2) is 50.2 Å². The van der Waals surface area contributed by atoms with E-state index in [4.69, 9.17) is 0 Å². The first kappa shape index (κ1) is 21.1. The van der Waals surface area contributed by atoms with Crippen molar-refractivity contribution in [2.45, 2.75) is 25.9 Å². The van der Waals surface area contributed by atoms with Gasteiger partial charge in [0.05, 0.1) is 5.75 Å². The lowest BCUT2D eigenvalue weighted by molar-refractivity contribution is -0.132. The molecule has 0 radical (unpaired) electrons. The van der Waals surface area contributed by atoms with Crippen LogP contribution in [0.4, 0.5) is 0 Å². The number of thiophene rings is 1. The number of carbonyl (C=O) groups excluding carboxylic acids is 2. The number of benzene rings is 1. The van der Waals surface area contributed by atoms with Crippen molar-refractivity contribution in [1.29, 1.82) is 0 Å². The summed E-state index contributed by atoms with van der Waals surface area (Å²) in [5, 5.41) is 6.57. The minimum Gasteiger partial charge on any atom is -0.340 e. The van der Waals surface area contributed by atoms with E-state index in [1.165, 1.54) is 16.2 Å². The van der Waals surface area contributed by atoms with Crippen LogP contribution >= 0.6 is 11.3 Å². The van der Waals surface area contributed by atoms with Crippen LogP contribution in [-0.2, 0) is 21.2 Å². The fourth-order valence-corrected chi connectivity index (χ4v) is 3.94. The van der Waals surface area contributed by atoms with Gasteiger partial charge in [-0.3, -0.25) is 9.59 Å². The van der Waals surface area contributed by atoms with E-state index in [9.17, 15) is 18.0 Å². The Morgan fingerprint density at radius 3 is 2.59 bits per heavy atom. The minimum absolute atomic E-state index is 0.0310. The zero-order valence-electron chi connectivity index (χ0n) is 15.6. The molecule has 0 aliphatic carbocycles. The van der Waals surface area contributed by atoms with Crippen LogP contribution in [0.25, 0.3) is 0 Å². The predicted octanol–water partition coefficient (Wildman–Crippen LogP) is 2.25. The van der Waals surface area contributed by atoms with Crippen molar-refractivity contribution < 1.29 is 18.0 Å². The summed E-state index contributed by atoms with van der Waals surface area (Å²) in [6.07, 6.45) is 1.15. The quantitative estimate of drug-likeness (QED) is 0.726. The third-order valence-electron chi connectivity index (χ3n) is 4.04. The van der Waals surface area contributed by atoms with Crippen molar-refractivity contribution in [1.82, 2.24) is 10.2 Å². The van der Waals surface area contributed by atoms with Crippen molar-refractivity contribution in [3.05, 3.63) is 57.8 Å². The van der Waals surface area contributed by atoms with Crippen LogP contribution < -0.4 is 5.32 Å². The number of hydrogen-bond donors (Lipinski definition) is 1. The van der Waals surface area contributed by atoms with E-state index in [2.05, 4.69) is 5.32 Å². The van der Waals surface area contributed by atoms with Crippen LogP contribution in [0.5, 0.6) is 0 Å². The molecule has 1 N–H and O–H groups in total. The SMILES string of the molecule is Cc1cccc(C(=O)NC(CCS(C)(=O)=O)C(=O)N(C)Cc2ccsc2)c1. The third kappa shape index (κ3) is 6.80. The number of amides is 2. The maximum atomic E-state index is 12.8. The molecular formula is C19H24N2O4S2. The van der Waals surface area contributed by atoms with Gasteiger partial charge in [-0.2, -0.15) is 11.3 Å². The van der Waals surface area contributed by atoms with E-state index in [1.807, 2.05) is 29.8 Å². The highest BCUT2D eigenvalue weighted by atomic mass is 32.2. The highest BCUT2D eigenvalue weighted by Crippen LogP contribution is 2.11. The lowest BCUT2D eigenvalue weighted by Crippen LogP contribution is -2.48. The Labute approximate surface area is 164 Å². The van der Waals surface area contributed by atoms with E-state index in [1.54, 1.807) is 25.2 Å². The molecule has 0 bridgehead atoms. The summed E-state index contributed by atoms with van der Waals surface area (Å²) >= 11 is 1.54. The monoisotopic (exact) mass is 408 g/mol. The van der Waals surface area contributed by atoms with Gasteiger partial charge >= 0.3 is 0 Å². The normalized spacial score (nSPS) is 12.4. The highest BCUT2D eigenvalue weighted by molar-refractivity contribution is 7.90. The maximum Gasteiger partial charge on any atom is 0.251 e. The van der Waals surface area contributed by atoms with Gasteiger partial charge in [0.1, 0.15) is 15.9 Å². The van der Waals surface area contributed by atoms with Gasteiger partial charge in [0.2, 0.25) is 5.91 Å². The lowest BCUT2D eigenvalue weighted by atomic mass is 10.1. The molecule has 2 aromatic rings. The van der Waals surface area contributed by atoms with Gasteiger partial charge in [0, 0.05) is 25.4 Å². The van der Waals surface area contributed by atoms with E-state index in [0.29, 0.717) is 12.1 Å². The molecular weight excluding hydrogens is 384 g/mol. The lowest BCUT2D eigenvalue weighted by Gasteiger charge is -2.24. The summed E-state index contributed by atoms with van der Waals surface area (Å²) in [6, 6.07) is 8.04. The molecule has 0 saturated carbocycles. The fourth-order valence-electron chi connectivity index (χ4n) is 2.62. The summed E-state index contributed by atoms with van der Waals surface area (Å²) in [5.74, 6) is -0.885. The summed E-state index contributed by atoms with van der Waals surface area (Å²) < 4.78 is 23.1. The molecule has 1 unspecified atom stereocenters. The smallest absolute Gasteiger partial charge is 0.251 e. The topological polar surface area (TPSA) is 83.5 Å². The number of nitrogens with one attached hydrogen (secondary N) is 1. The Balaban J connectivity index is 2.14. The average Bonchev–Trinajstić information content (AvgIpc) is 3.09. The largest absolute Gasteiger partial charge is 0.340 e. The van der Waals surface area contributed by atoms with E-state index < -0.39 is 21.8 Å². The molecule has 8 heteroatoms. The molecule has 1 heterocycles. The fraction of sp³-hybridized carbons (Fsp3) is 0.368. The first-order chi connectivity index (χ1) is 12.7. The van der Waals surface area contributed by atoms with Crippen molar-refractivity contribution in [2.75, 3.05) is 19.1 Å². The second-order valence-corrected chi connectivity index (χ2v) is 9.68. The van der Waals surface area contributed by atoms with Gasteiger partial charge in [-0.05, 0) is 47.9 Å². The number of hydrogen-bond acceptors (Lipinski definition) is 5. The molecule has 0 aliphatic heterocycles. The molecule has 0 aliphatic rings. The number of aryl methyl sites for hydroxylation is 1. The Morgan fingerprint density at radius 2 is 2.00 bits per heavy atom. The molecule has 0 spiro atoms. The Bertz CT molecular complexity index is 892. The van der Waals surface area contributed by atoms with Crippen molar-refractivity contribution in [3.8, 4) is 0 Å². The number of rotatable bonds is 8. The van der Waals surface area contributed by atoms with E-state index >= 15 is 0 Å². The number of likely N-dealkylation sites (N-methyl/N-ethyl adjacent to an activating group) is 1. The van der Waals surface area contributed by atoms with Crippen molar-refractivity contribution >= 4 is 33.0 Å². The number of nitrogens with zero attached hydrogens (tertiary/aromatic N) is 1. The molecule has 27 heavy (non-hydrogen) atoms. The third-order valence-corrected chi connectivity index (χ3v) is 5.75. The molecule has 2 rings (SSSR count). The summed E-state index contributed by atoms with van der Waals surface area (Å²) in [6.45, 7) is 2.27. The minimum atomic E-state index is -3.26. The molecule has 0 fully saturated rings. The van der Waals surface area contributed by atoms with Gasteiger partial charge in [-0.15, -0.1) is 0 Å². The van der Waals surface area contributed by atoms with Gasteiger partial charge in [-0.1, -0.05) is 17.7 Å². The van der Waals surface area contributed by atoms with E-state index in [-0.39, 0.29) is 18.1 Å². The van der Waals surface area contributed by atoms with Gasteiger partial charge < -0.3 is 10.2 Å². The molecule has 146 valence electrons. The van der Waals surface area contributed by atoms with Crippen LogP contribution in [0.2, 0.25) is 0 Å². The zero-order chi connectivity index (χ0) is 20.0. The van der Waals surface area contributed by atoms with Gasteiger partial charge in [-0.25, -0.2) is 8.42 Å². The van der Waals surface area contributed by atoms with E-state index in [0.717, 1.165) is 17.4 Å². The van der Waals surface area contributed by atoms with Crippen LogP contribution in [0.3, 0.4) is 0 Å². The first-order valence-electron chi connectivity index (χ1n) is 8.47. The van der Waals surface area contributed by atoms with Crippen LogP contribution in [0.15, 0.2) is 41.1 Å². The van der Waals surface area contributed by atoms with Crippen LogP contribution in [0.1, 0.15) is 27.9 Å². The Kier molecular flexibility index (Phi) is 7.15. The molecule has 2 amide bonds. The number of sulfone groups is 1. The first-order valence-corrected chi connectivity index (χ1v) is 11.5. The van der Waals surface area contributed by atoms with Crippen molar-refractivity contribution in [3.63, 3.8) is 0 Å². The second-order valence-electron chi connectivity index (χ2n) is 6.64. The van der Waals surface area contributed by atoms with Crippen molar-refractivity contribution in [2.24, 2.45) is 0 Å². The Hall–Kier alpha value is -2.19. The van der Waals surface area contributed by atoms with Gasteiger partial charge in [0.25, 0.3) is 5.91 Å². The summed E-state index contributed by atoms with van der Waals surface area (Å²) in [5.41, 5.74) is 2.35. The summed E-state index contributed by atoms with van der Waals surface area (Å²) in [4.78, 5) is 26.9. The molecule has 1 aromatic carbocycles. The predicted molar refractivity (Wildman–Crippen MR) is 108 cm³/mol. The molecule has 1 aromatic heterocycles. The molecule has 0 saturated heterocycles. The van der Waals surface area contributed by atoms with Crippen LogP contribution in [0, 0.1) is 6.92 Å².